The Morgan fingerprint density at radius 3 is 2.52 bits per heavy atom. The molecule has 0 unspecified atom stereocenters. The Bertz CT molecular complexity index is 1090. The number of aryl methyl sites for hydroxylation is 1. The van der Waals surface area contributed by atoms with Gasteiger partial charge >= 0.3 is 5.97 Å². The van der Waals surface area contributed by atoms with Crippen LogP contribution in [-0.4, -0.2) is 30.8 Å². The lowest BCUT2D eigenvalue weighted by Gasteiger charge is -2.03. The van der Waals surface area contributed by atoms with E-state index in [0.29, 0.717) is 11.1 Å². The molecular weight excluding hydrogens is 375 g/mol. The first-order valence-electron chi connectivity index (χ1n) is 7.80. The number of carbonyl (C=O) groups excluding carboxylic acids is 1. The van der Waals surface area contributed by atoms with E-state index < -0.39 is 15.8 Å². The summed E-state index contributed by atoms with van der Waals surface area (Å²) in [5, 5.41) is 3.74. The lowest BCUT2D eigenvalue weighted by atomic mass is 10.1. The summed E-state index contributed by atoms with van der Waals surface area (Å²) in [5.74, 6) is -0.830. The lowest BCUT2D eigenvalue weighted by Crippen LogP contribution is -2.06. The van der Waals surface area contributed by atoms with Crippen molar-refractivity contribution in [2.75, 3.05) is 6.26 Å². The molecule has 0 bridgehead atoms. The van der Waals surface area contributed by atoms with Crippen molar-refractivity contribution < 1.29 is 26.9 Å². The molecule has 7 nitrogen and oxygen atoms in total. The molecule has 1 aromatic heterocycles. The number of esters is 1. The Hall–Kier alpha value is -3.07. The third-order valence-electron chi connectivity index (χ3n) is 3.74. The molecule has 0 fully saturated rings. The molecule has 0 saturated heterocycles. The van der Waals surface area contributed by atoms with Crippen LogP contribution in [0.25, 0.3) is 11.4 Å². The molecule has 140 valence electrons. The summed E-state index contributed by atoms with van der Waals surface area (Å²) < 4.78 is 46.5. The first-order valence-corrected chi connectivity index (χ1v) is 9.69. The van der Waals surface area contributed by atoms with Crippen molar-refractivity contribution in [3.05, 3.63) is 65.3 Å². The largest absolute Gasteiger partial charge is 0.452 e. The number of nitrogens with zero attached hydrogens (tertiary/aromatic N) is 2. The third kappa shape index (κ3) is 4.37. The second-order valence-electron chi connectivity index (χ2n) is 5.85. The molecule has 0 aliphatic heterocycles. The van der Waals surface area contributed by atoms with E-state index in [9.17, 15) is 17.6 Å². The molecule has 9 heteroatoms. The zero-order chi connectivity index (χ0) is 19.6. The van der Waals surface area contributed by atoms with Crippen LogP contribution in [0.1, 0.15) is 21.8 Å². The number of carbonyl (C=O) groups is 1. The van der Waals surface area contributed by atoms with Crippen molar-refractivity contribution >= 4 is 15.8 Å². The average Bonchev–Trinajstić information content (AvgIpc) is 3.10. The van der Waals surface area contributed by atoms with Gasteiger partial charge in [-0.2, -0.15) is 4.98 Å². The topological polar surface area (TPSA) is 99.4 Å². The number of hydrogen-bond donors (Lipinski definition) is 0. The number of hydrogen-bond acceptors (Lipinski definition) is 7. The first-order chi connectivity index (χ1) is 12.7. The number of rotatable bonds is 5. The minimum Gasteiger partial charge on any atom is -0.452 e. The predicted molar refractivity (Wildman–Crippen MR) is 93.1 cm³/mol. The third-order valence-corrected chi connectivity index (χ3v) is 4.87. The maximum Gasteiger partial charge on any atom is 0.338 e. The van der Waals surface area contributed by atoms with Crippen LogP contribution in [-0.2, 0) is 21.2 Å². The summed E-state index contributed by atoms with van der Waals surface area (Å²) in [7, 11) is -3.34. The first kappa shape index (κ1) is 18.7. The molecule has 0 aliphatic carbocycles. The van der Waals surface area contributed by atoms with Gasteiger partial charge in [0.05, 0.1) is 10.5 Å². The molecule has 3 aromatic rings. The highest BCUT2D eigenvalue weighted by atomic mass is 32.2. The monoisotopic (exact) mass is 390 g/mol. The van der Waals surface area contributed by atoms with Crippen molar-refractivity contribution in [3.63, 3.8) is 0 Å². The second kappa shape index (κ2) is 7.28. The molecule has 3 rings (SSSR count). The maximum absolute atomic E-state index is 13.6. The highest BCUT2D eigenvalue weighted by Crippen LogP contribution is 2.19. The maximum atomic E-state index is 13.6. The summed E-state index contributed by atoms with van der Waals surface area (Å²) in [6, 6.07) is 9.90. The number of halogens is 1. The predicted octanol–water partition coefficient (Wildman–Crippen LogP) is 2.94. The van der Waals surface area contributed by atoms with E-state index in [0.717, 1.165) is 6.26 Å². The van der Waals surface area contributed by atoms with Gasteiger partial charge in [0.15, 0.2) is 16.4 Å². The molecule has 2 aromatic carbocycles. The van der Waals surface area contributed by atoms with Crippen molar-refractivity contribution in [1.29, 1.82) is 0 Å². The molecule has 0 saturated carbocycles. The zero-order valence-electron chi connectivity index (χ0n) is 14.5. The van der Waals surface area contributed by atoms with Crippen LogP contribution in [0.2, 0.25) is 0 Å². The summed E-state index contributed by atoms with van der Waals surface area (Å²) in [4.78, 5) is 16.2. The van der Waals surface area contributed by atoms with Gasteiger partial charge in [-0.3, -0.25) is 0 Å². The molecule has 0 N–H and O–H groups in total. The smallest absolute Gasteiger partial charge is 0.338 e. The van der Waals surface area contributed by atoms with Gasteiger partial charge in [-0.15, -0.1) is 0 Å². The molecule has 0 spiro atoms. The molecule has 0 atom stereocenters. The Kier molecular flexibility index (Phi) is 5.04. The summed E-state index contributed by atoms with van der Waals surface area (Å²) in [5.41, 5.74) is 1.12. The van der Waals surface area contributed by atoms with E-state index in [2.05, 4.69) is 10.1 Å². The van der Waals surface area contributed by atoms with Crippen molar-refractivity contribution in [3.8, 4) is 11.4 Å². The number of sulfone groups is 1. The van der Waals surface area contributed by atoms with Crippen molar-refractivity contribution in [2.45, 2.75) is 18.4 Å². The summed E-state index contributed by atoms with van der Waals surface area (Å²) in [6.45, 7) is 1.37. The van der Waals surface area contributed by atoms with Crippen LogP contribution in [0.15, 0.2) is 51.9 Å². The summed E-state index contributed by atoms with van der Waals surface area (Å²) in [6.07, 6.45) is 1.08. The van der Waals surface area contributed by atoms with Crippen molar-refractivity contribution in [1.82, 2.24) is 10.1 Å². The number of benzene rings is 2. The number of aromatic nitrogens is 2. The van der Waals surface area contributed by atoms with Gasteiger partial charge in [-0.1, -0.05) is 17.3 Å². The fourth-order valence-electron chi connectivity index (χ4n) is 2.21. The highest BCUT2D eigenvalue weighted by molar-refractivity contribution is 7.90. The van der Waals surface area contributed by atoms with Gasteiger partial charge in [0.25, 0.3) is 5.89 Å². The van der Waals surface area contributed by atoms with Gasteiger partial charge in [-0.05, 0) is 42.8 Å². The van der Waals surface area contributed by atoms with Gasteiger partial charge in [0, 0.05) is 11.8 Å². The van der Waals surface area contributed by atoms with E-state index in [1.807, 2.05) is 0 Å². The quantitative estimate of drug-likeness (QED) is 0.618. The Balaban J connectivity index is 1.66. The molecule has 0 radical (unpaired) electrons. The zero-order valence-corrected chi connectivity index (χ0v) is 15.3. The Morgan fingerprint density at radius 1 is 1.19 bits per heavy atom. The molecule has 0 amide bonds. The standard InChI is InChI=1S/C18H15FN2O5S/c1-11-3-4-13(9-15(11)19)17-20-16(26-21-17)10-25-18(22)12-5-7-14(8-6-12)27(2,23)24/h3-9H,10H2,1-2H3. The minimum absolute atomic E-state index is 0.0482. The van der Waals surface area contributed by atoms with Crippen LogP contribution in [0.4, 0.5) is 4.39 Å². The van der Waals surface area contributed by atoms with Crippen LogP contribution in [0.3, 0.4) is 0 Å². The van der Waals surface area contributed by atoms with Crippen LogP contribution < -0.4 is 0 Å². The Labute approximate surface area is 154 Å². The van der Waals surface area contributed by atoms with Gasteiger partial charge in [0.1, 0.15) is 5.82 Å². The second-order valence-corrected chi connectivity index (χ2v) is 7.86. The highest BCUT2D eigenvalue weighted by Gasteiger charge is 2.14. The normalized spacial score (nSPS) is 11.4. The Morgan fingerprint density at radius 2 is 1.89 bits per heavy atom. The fraction of sp³-hybridized carbons (Fsp3) is 0.167. The lowest BCUT2D eigenvalue weighted by molar-refractivity contribution is 0.0429. The van der Waals surface area contributed by atoms with Crippen molar-refractivity contribution in [2.24, 2.45) is 0 Å². The molecule has 1 heterocycles. The van der Waals surface area contributed by atoms with E-state index >= 15 is 0 Å². The van der Waals surface area contributed by atoms with E-state index in [1.54, 1.807) is 19.1 Å². The van der Waals surface area contributed by atoms with E-state index in [4.69, 9.17) is 9.26 Å². The SMILES string of the molecule is Cc1ccc(-c2noc(COC(=O)c3ccc(S(C)(=O)=O)cc3)n2)cc1F. The van der Waals surface area contributed by atoms with Crippen LogP contribution in [0, 0.1) is 12.7 Å². The molecule has 0 aliphatic rings. The average molecular weight is 390 g/mol. The molecular formula is C18H15FN2O5S. The van der Waals surface area contributed by atoms with E-state index in [1.165, 1.54) is 30.3 Å². The van der Waals surface area contributed by atoms with Gasteiger partial charge < -0.3 is 9.26 Å². The van der Waals surface area contributed by atoms with E-state index in [-0.39, 0.29) is 34.6 Å². The fourth-order valence-corrected chi connectivity index (χ4v) is 2.84. The minimum atomic E-state index is -3.34. The van der Waals surface area contributed by atoms with Gasteiger partial charge in [0.2, 0.25) is 5.82 Å². The summed E-state index contributed by atoms with van der Waals surface area (Å²) >= 11 is 0. The number of ether oxygens (including phenoxy) is 1. The van der Waals surface area contributed by atoms with Crippen LogP contribution in [0.5, 0.6) is 0 Å². The van der Waals surface area contributed by atoms with Gasteiger partial charge in [-0.25, -0.2) is 17.6 Å². The van der Waals surface area contributed by atoms with Crippen LogP contribution >= 0.6 is 0 Å². The molecule has 27 heavy (non-hydrogen) atoms.